The largest absolute Gasteiger partial charge is 0.310 e. The Labute approximate surface area is 175 Å². The molecule has 154 valence electrons. The molecule has 0 aliphatic heterocycles. The maximum Gasteiger partial charge on any atom is 0.263 e. The van der Waals surface area contributed by atoms with Crippen molar-refractivity contribution in [1.29, 1.82) is 5.26 Å². The molecule has 9 nitrogen and oxygen atoms in total. The highest BCUT2D eigenvalue weighted by Gasteiger charge is 2.37. The van der Waals surface area contributed by atoms with Crippen molar-refractivity contribution in [2.75, 3.05) is 0 Å². The van der Waals surface area contributed by atoms with Crippen molar-refractivity contribution in [3.63, 3.8) is 0 Å². The van der Waals surface area contributed by atoms with E-state index in [4.69, 9.17) is 4.98 Å². The number of pyridine rings is 1. The summed E-state index contributed by atoms with van der Waals surface area (Å²) in [6.45, 7) is 1.81. The Bertz CT molecular complexity index is 1360. The summed E-state index contributed by atoms with van der Waals surface area (Å²) >= 11 is 0. The first kappa shape index (κ1) is 19.0. The summed E-state index contributed by atoms with van der Waals surface area (Å²) in [6, 6.07) is 6.12. The van der Waals surface area contributed by atoms with Crippen LogP contribution in [0.25, 0.3) is 11.0 Å². The zero-order valence-corrected chi connectivity index (χ0v) is 16.5. The number of nitrogens with zero attached hydrogens (tertiary/aromatic N) is 7. The highest BCUT2D eigenvalue weighted by atomic mass is 19.1. The van der Waals surface area contributed by atoms with E-state index in [1.54, 1.807) is 31.5 Å². The fourth-order valence-electron chi connectivity index (χ4n) is 3.98. The van der Waals surface area contributed by atoms with Crippen LogP contribution in [0.1, 0.15) is 60.7 Å². The van der Waals surface area contributed by atoms with E-state index < -0.39 is 17.4 Å². The number of hydrogen-bond acceptors (Lipinski definition) is 7. The minimum Gasteiger partial charge on any atom is -0.310 e. The van der Waals surface area contributed by atoms with Gasteiger partial charge in [0.25, 0.3) is 5.56 Å². The third-order valence-corrected chi connectivity index (χ3v) is 5.77. The third kappa shape index (κ3) is 3.15. The van der Waals surface area contributed by atoms with Crippen molar-refractivity contribution < 1.29 is 4.39 Å². The molecule has 1 fully saturated rings. The molecule has 4 heterocycles. The molecule has 0 spiro atoms. The first-order chi connectivity index (χ1) is 15.1. The highest BCUT2D eigenvalue weighted by molar-refractivity contribution is 5.80. The number of H-pyrrole nitrogens is 1. The second kappa shape index (κ2) is 7.36. The van der Waals surface area contributed by atoms with E-state index in [0.717, 1.165) is 24.9 Å². The van der Waals surface area contributed by atoms with Gasteiger partial charge >= 0.3 is 0 Å². The van der Waals surface area contributed by atoms with Gasteiger partial charge in [-0.05, 0) is 38.0 Å². The minimum atomic E-state index is -0.456. The molecule has 1 aliphatic rings. The molecule has 1 N–H and O–H groups in total. The van der Waals surface area contributed by atoms with Gasteiger partial charge in [0.15, 0.2) is 11.3 Å². The summed E-state index contributed by atoms with van der Waals surface area (Å²) in [5.74, 6) is 0.815. The van der Waals surface area contributed by atoms with Gasteiger partial charge in [-0.3, -0.25) is 9.78 Å². The van der Waals surface area contributed by atoms with Gasteiger partial charge in [-0.25, -0.2) is 24.0 Å². The van der Waals surface area contributed by atoms with Gasteiger partial charge < -0.3 is 4.98 Å². The Morgan fingerprint density at radius 3 is 2.65 bits per heavy atom. The molecule has 1 aliphatic carbocycles. The summed E-state index contributed by atoms with van der Waals surface area (Å²) in [7, 11) is 0. The van der Waals surface area contributed by atoms with Gasteiger partial charge in [-0.2, -0.15) is 10.4 Å². The Hall–Kier alpha value is -4.00. The number of nitrogens with one attached hydrogen (secondary N) is 1. The molecule has 0 aromatic carbocycles. The molecule has 4 aromatic rings. The molecular formula is C21H17FN8O. The summed E-state index contributed by atoms with van der Waals surface area (Å²) in [5.41, 5.74) is 0.411. The van der Waals surface area contributed by atoms with Crippen molar-refractivity contribution in [2.24, 2.45) is 0 Å². The second-order valence-electron chi connectivity index (χ2n) is 7.53. The van der Waals surface area contributed by atoms with Crippen LogP contribution in [0.3, 0.4) is 0 Å². The van der Waals surface area contributed by atoms with Gasteiger partial charge in [0, 0.05) is 24.2 Å². The quantitative estimate of drug-likeness (QED) is 0.542. The number of halogens is 1. The topological polar surface area (TPSA) is 126 Å². The van der Waals surface area contributed by atoms with Crippen LogP contribution in [0, 0.1) is 17.1 Å². The van der Waals surface area contributed by atoms with Crippen LogP contribution in [0.15, 0.2) is 41.6 Å². The van der Waals surface area contributed by atoms with Crippen molar-refractivity contribution >= 4 is 11.0 Å². The number of aromatic nitrogens is 7. The summed E-state index contributed by atoms with van der Waals surface area (Å²) in [4.78, 5) is 33.2. The molecule has 1 saturated carbocycles. The second-order valence-corrected chi connectivity index (χ2v) is 7.53. The Morgan fingerprint density at radius 2 is 2.00 bits per heavy atom. The van der Waals surface area contributed by atoms with Crippen LogP contribution in [0.4, 0.5) is 4.39 Å². The van der Waals surface area contributed by atoms with Gasteiger partial charge in [-0.15, -0.1) is 0 Å². The van der Waals surface area contributed by atoms with Crippen LogP contribution in [0.5, 0.6) is 0 Å². The zero-order valence-electron chi connectivity index (χ0n) is 16.5. The van der Waals surface area contributed by atoms with Gasteiger partial charge in [0.1, 0.15) is 28.9 Å². The molecule has 5 rings (SSSR count). The van der Waals surface area contributed by atoms with Crippen LogP contribution >= 0.6 is 0 Å². The Morgan fingerprint density at radius 1 is 1.23 bits per heavy atom. The lowest BCUT2D eigenvalue weighted by Crippen LogP contribution is -2.28. The molecule has 0 saturated heterocycles. The highest BCUT2D eigenvalue weighted by Crippen LogP contribution is 2.46. The molecule has 0 radical (unpaired) electrons. The normalized spacial score (nSPS) is 19.0. The lowest BCUT2D eigenvalue weighted by Gasteiger charge is -2.34. The smallest absolute Gasteiger partial charge is 0.263 e. The lowest BCUT2D eigenvalue weighted by molar-refractivity contribution is 0.318. The van der Waals surface area contributed by atoms with Crippen molar-refractivity contribution in [3.8, 4) is 6.07 Å². The first-order valence-corrected chi connectivity index (χ1v) is 9.87. The fraction of sp³-hybridized carbons (Fsp3) is 0.286. The SMILES string of the molecule is CC(c1ccc(F)cn1)n1nc(C#N)c2c(=O)[nH]c(C3CCC3c3ncccn3)nc21. The van der Waals surface area contributed by atoms with E-state index in [0.29, 0.717) is 17.2 Å². The van der Waals surface area contributed by atoms with Gasteiger partial charge in [0.2, 0.25) is 0 Å². The van der Waals surface area contributed by atoms with E-state index in [-0.39, 0.29) is 22.9 Å². The van der Waals surface area contributed by atoms with Crippen molar-refractivity contribution in [1.82, 2.24) is 34.7 Å². The average molecular weight is 416 g/mol. The zero-order chi connectivity index (χ0) is 21.5. The molecule has 10 heteroatoms. The summed E-state index contributed by atoms with van der Waals surface area (Å²) in [5, 5.41) is 13.9. The predicted molar refractivity (Wildman–Crippen MR) is 108 cm³/mol. The summed E-state index contributed by atoms with van der Waals surface area (Å²) in [6.07, 6.45) is 6.25. The van der Waals surface area contributed by atoms with Crippen LogP contribution in [0.2, 0.25) is 0 Å². The number of fused-ring (bicyclic) bond motifs is 1. The minimum absolute atomic E-state index is 0.0131. The molecule has 31 heavy (non-hydrogen) atoms. The predicted octanol–water partition coefficient (Wildman–Crippen LogP) is 2.59. The van der Waals surface area contributed by atoms with Crippen molar-refractivity contribution in [2.45, 2.75) is 37.6 Å². The van der Waals surface area contributed by atoms with Crippen LogP contribution < -0.4 is 5.56 Å². The summed E-state index contributed by atoms with van der Waals surface area (Å²) < 4.78 is 14.8. The fourth-order valence-corrected chi connectivity index (χ4v) is 3.98. The van der Waals surface area contributed by atoms with Crippen molar-refractivity contribution in [3.05, 3.63) is 76.0 Å². The number of rotatable bonds is 4. The maximum atomic E-state index is 13.3. The Balaban J connectivity index is 1.61. The molecule has 3 atom stereocenters. The molecule has 3 unspecified atom stereocenters. The maximum absolute atomic E-state index is 13.3. The molecular weight excluding hydrogens is 399 g/mol. The average Bonchev–Trinajstić information content (AvgIpc) is 3.13. The van der Waals surface area contributed by atoms with Crippen LogP contribution in [-0.2, 0) is 0 Å². The van der Waals surface area contributed by atoms with E-state index in [1.165, 1.54) is 10.7 Å². The van der Waals surface area contributed by atoms with E-state index in [1.807, 2.05) is 6.07 Å². The number of nitriles is 1. The molecule has 0 bridgehead atoms. The molecule has 0 amide bonds. The molecule has 4 aromatic heterocycles. The lowest BCUT2D eigenvalue weighted by atomic mass is 9.72. The van der Waals surface area contributed by atoms with Crippen LogP contribution in [-0.4, -0.2) is 34.7 Å². The standard InChI is InChI=1S/C21H17FN8O/c1-11(15-6-3-12(22)10-26-15)30-20-17(16(9-23)29-30)21(31)28-19(27-20)14-5-4-13(14)18-24-7-2-8-25-18/h2-3,6-8,10-11,13-14H,4-5H2,1H3,(H,27,28,31). The van der Waals surface area contributed by atoms with E-state index in [9.17, 15) is 14.4 Å². The number of hydrogen-bond donors (Lipinski definition) is 1. The van der Waals surface area contributed by atoms with E-state index in [2.05, 4.69) is 25.0 Å². The first-order valence-electron chi connectivity index (χ1n) is 9.87. The Kier molecular flexibility index (Phi) is 4.51. The van der Waals surface area contributed by atoms with E-state index >= 15 is 0 Å². The van der Waals surface area contributed by atoms with Gasteiger partial charge in [0.05, 0.1) is 17.9 Å². The number of aromatic amines is 1. The monoisotopic (exact) mass is 416 g/mol. The van der Waals surface area contributed by atoms with Gasteiger partial charge in [-0.1, -0.05) is 0 Å². The third-order valence-electron chi connectivity index (χ3n) is 5.77.